The van der Waals surface area contributed by atoms with E-state index in [2.05, 4.69) is 4.98 Å². The first-order valence-corrected chi connectivity index (χ1v) is 8.83. The van der Waals surface area contributed by atoms with Gasteiger partial charge in [0.25, 0.3) is 0 Å². The number of ether oxygens (including phenoxy) is 1. The minimum absolute atomic E-state index is 0. The maximum atomic E-state index is 13.4. The van der Waals surface area contributed by atoms with Gasteiger partial charge in [-0.3, -0.25) is 0 Å². The first-order chi connectivity index (χ1) is 13.1. The molecule has 0 saturated carbocycles. The Balaban J connectivity index is 0.00000225. The average molecular weight is 446 g/mol. The smallest absolute Gasteiger partial charge is 0.396 e. The van der Waals surface area contributed by atoms with Gasteiger partial charge < -0.3 is 26.8 Å². The summed E-state index contributed by atoms with van der Waals surface area (Å²) in [4.78, 5) is 6.33. The van der Waals surface area contributed by atoms with Gasteiger partial charge in [-0.2, -0.15) is 0 Å². The van der Waals surface area contributed by atoms with Gasteiger partial charge in [-0.15, -0.1) is 0 Å². The largest absolute Gasteiger partial charge is 1.00 e. The van der Waals surface area contributed by atoms with Crippen LogP contribution in [0.5, 0.6) is 5.75 Å². The fourth-order valence-electron chi connectivity index (χ4n) is 3.55. The summed E-state index contributed by atoms with van der Waals surface area (Å²) >= 11 is 0. The van der Waals surface area contributed by atoms with Crippen molar-refractivity contribution >= 4 is 5.95 Å². The van der Waals surface area contributed by atoms with Crippen LogP contribution in [0.25, 0.3) is 0 Å². The number of anilines is 1. The van der Waals surface area contributed by atoms with Crippen molar-refractivity contribution in [3.63, 3.8) is 0 Å². The van der Waals surface area contributed by atoms with Crippen LogP contribution in [-0.4, -0.2) is 23.7 Å². The maximum Gasteiger partial charge on any atom is 0.396 e. The zero-order chi connectivity index (χ0) is 18.9. The molecule has 1 atom stereocenters. The number of methoxy groups -OCH3 is 1. The van der Waals surface area contributed by atoms with Gasteiger partial charge in [0.1, 0.15) is 24.3 Å². The average Bonchev–Trinajstić information content (AvgIpc) is 2.99. The van der Waals surface area contributed by atoms with E-state index in [0.29, 0.717) is 31.0 Å². The highest BCUT2D eigenvalue weighted by atomic mass is 79.9. The molecule has 2 aromatic carbocycles. The second kappa shape index (κ2) is 8.24. The summed E-state index contributed by atoms with van der Waals surface area (Å²) < 4.78 is 20.6. The van der Waals surface area contributed by atoms with E-state index in [9.17, 15) is 9.50 Å². The molecule has 0 saturated heterocycles. The third-order valence-corrected chi connectivity index (χ3v) is 4.94. The van der Waals surface area contributed by atoms with Gasteiger partial charge in [0.2, 0.25) is 5.72 Å². The molecule has 4 rings (SSSR count). The van der Waals surface area contributed by atoms with Gasteiger partial charge in [0.15, 0.2) is 0 Å². The summed E-state index contributed by atoms with van der Waals surface area (Å²) in [6, 6.07) is 15.7. The number of aromatic nitrogens is 2. The van der Waals surface area contributed by atoms with E-state index in [1.54, 1.807) is 25.4 Å². The number of hydrogen-bond acceptors (Lipinski definition) is 4. The van der Waals surface area contributed by atoms with E-state index >= 15 is 0 Å². The first kappa shape index (κ1) is 20.2. The molecule has 0 bridgehead atoms. The number of aliphatic hydroxyl groups is 1. The fourth-order valence-corrected chi connectivity index (χ4v) is 3.55. The molecular formula is C21H21BrFN3O2. The Morgan fingerprint density at radius 1 is 1.21 bits per heavy atom. The summed E-state index contributed by atoms with van der Waals surface area (Å²) in [5.41, 5.74) is 0.457. The Kier molecular flexibility index (Phi) is 5.96. The topological polar surface area (TPSA) is 49.5 Å². The van der Waals surface area contributed by atoms with Crippen molar-refractivity contribution in [1.82, 2.24) is 4.98 Å². The molecule has 0 spiro atoms. The minimum atomic E-state index is -1.28. The highest BCUT2D eigenvalue weighted by Gasteiger charge is 2.51. The number of fused-ring (bicyclic) bond motifs is 1. The summed E-state index contributed by atoms with van der Waals surface area (Å²) in [5, 5.41) is 11.5. The van der Waals surface area contributed by atoms with Crippen molar-refractivity contribution in [3.8, 4) is 5.75 Å². The lowest BCUT2D eigenvalue weighted by Crippen LogP contribution is -3.00. The van der Waals surface area contributed by atoms with Crippen LogP contribution in [0, 0.1) is 5.82 Å². The zero-order valence-corrected chi connectivity index (χ0v) is 17.0. The second-order valence-corrected chi connectivity index (χ2v) is 6.62. The van der Waals surface area contributed by atoms with Crippen LogP contribution in [-0.2, 0) is 18.7 Å². The molecule has 1 unspecified atom stereocenters. The summed E-state index contributed by atoms with van der Waals surface area (Å²) in [5.74, 6) is 1.16. The summed E-state index contributed by atoms with van der Waals surface area (Å²) in [6.07, 6.45) is 4.31. The summed E-state index contributed by atoms with van der Waals surface area (Å²) in [6.45, 7) is 0.887. The lowest BCUT2D eigenvalue weighted by molar-refractivity contribution is -0.685. The van der Waals surface area contributed by atoms with E-state index < -0.39 is 5.72 Å². The van der Waals surface area contributed by atoms with Crippen LogP contribution in [0.2, 0.25) is 0 Å². The quantitative estimate of drug-likeness (QED) is 0.534. The van der Waals surface area contributed by atoms with E-state index in [0.717, 1.165) is 11.3 Å². The molecule has 3 aromatic rings. The van der Waals surface area contributed by atoms with Crippen molar-refractivity contribution in [2.45, 2.75) is 18.7 Å². The van der Waals surface area contributed by atoms with Crippen molar-refractivity contribution in [2.75, 3.05) is 18.6 Å². The van der Waals surface area contributed by atoms with Crippen molar-refractivity contribution in [1.29, 1.82) is 0 Å². The van der Waals surface area contributed by atoms with Gasteiger partial charge >= 0.3 is 5.95 Å². The lowest BCUT2D eigenvalue weighted by atomic mass is 10.0. The highest BCUT2D eigenvalue weighted by Crippen LogP contribution is 2.34. The van der Waals surface area contributed by atoms with Crippen molar-refractivity contribution in [3.05, 3.63) is 83.9 Å². The molecule has 0 fully saturated rings. The molecule has 1 aromatic heterocycles. The molecule has 2 heterocycles. The van der Waals surface area contributed by atoms with Crippen LogP contribution in [0.1, 0.15) is 11.1 Å². The van der Waals surface area contributed by atoms with Gasteiger partial charge in [0.05, 0.1) is 19.9 Å². The zero-order valence-electron chi connectivity index (χ0n) is 15.4. The third kappa shape index (κ3) is 3.72. The molecule has 5 nitrogen and oxygen atoms in total. The molecular weight excluding hydrogens is 425 g/mol. The van der Waals surface area contributed by atoms with E-state index in [4.69, 9.17) is 4.74 Å². The second-order valence-electron chi connectivity index (χ2n) is 6.62. The lowest BCUT2D eigenvalue weighted by Gasteiger charge is -2.28. The van der Waals surface area contributed by atoms with Crippen LogP contribution < -0.4 is 31.2 Å². The van der Waals surface area contributed by atoms with Crippen molar-refractivity contribution in [2.24, 2.45) is 0 Å². The molecule has 7 heteroatoms. The van der Waals surface area contributed by atoms with Gasteiger partial charge in [-0.05, 0) is 42.0 Å². The molecule has 1 N–H and O–H groups in total. The molecule has 0 radical (unpaired) electrons. The SMILES string of the molecule is COc1cccc(CCN2c3nccc[n+]3CC2(O)c2ccc(F)cc2)c1.[Br-]. The number of halogens is 2. The van der Waals surface area contributed by atoms with Gasteiger partial charge in [-0.25, -0.2) is 13.9 Å². The predicted octanol–water partition coefficient (Wildman–Crippen LogP) is -0.571. The standard InChI is InChI=1S/C21H21FN3O2.BrH/c1-27-19-5-2-4-16(14-19)10-13-25-20-23-11-3-12-24(20)15-21(25,26)17-6-8-18(22)9-7-17;/h2-9,11-12,14,26H,10,13,15H2,1H3;1H/q+1;/p-1. The Labute approximate surface area is 173 Å². The minimum Gasteiger partial charge on any atom is -1.00 e. The van der Waals surface area contributed by atoms with Crippen LogP contribution in [0.3, 0.4) is 0 Å². The van der Waals surface area contributed by atoms with Gasteiger partial charge in [0, 0.05) is 18.1 Å². The Hall–Kier alpha value is -2.51. The third-order valence-electron chi connectivity index (χ3n) is 4.94. The van der Waals surface area contributed by atoms with Crippen LogP contribution in [0.15, 0.2) is 67.0 Å². The number of rotatable bonds is 5. The normalized spacial score (nSPS) is 17.8. The number of benzene rings is 2. The molecule has 28 heavy (non-hydrogen) atoms. The molecule has 1 aliphatic rings. The number of hydrogen-bond donors (Lipinski definition) is 1. The van der Waals surface area contributed by atoms with Crippen LogP contribution in [0.4, 0.5) is 10.3 Å². The Bertz CT molecular complexity index is 954. The highest BCUT2D eigenvalue weighted by molar-refractivity contribution is 5.39. The maximum absolute atomic E-state index is 13.4. The van der Waals surface area contributed by atoms with Gasteiger partial charge in [-0.1, -0.05) is 17.1 Å². The van der Waals surface area contributed by atoms with E-state index in [1.165, 1.54) is 12.1 Å². The molecule has 146 valence electrons. The van der Waals surface area contributed by atoms with E-state index in [-0.39, 0.29) is 22.8 Å². The monoisotopic (exact) mass is 445 g/mol. The Morgan fingerprint density at radius 3 is 2.75 bits per heavy atom. The predicted molar refractivity (Wildman–Crippen MR) is 98.8 cm³/mol. The number of nitrogens with zero attached hydrogens (tertiary/aromatic N) is 3. The van der Waals surface area contributed by atoms with Crippen molar-refractivity contribution < 1.29 is 35.8 Å². The fraction of sp³-hybridized carbons (Fsp3) is 0.238. The van der Waals surface area contributed by atoms with E-state index in [1.807, 2.05) is 46.0 Å². The summed E-state index contributed by atoms with van der Waals surface area (Å²) in [7, 11) is 1.64. The van der Waals surface area contributed by atoms with Crippen LogP contribution >= 0.6 is 0 Å². The Morgan fingerprint density at radius 2 is 2.00 bits per heavy atom. The molecule has 1 aliphatic heterocycles. The molecule has 0 aliphatic carbocycles. The molecule has 0 amide bonds. The first-order valence-electron chi connectivity index (χ1n) is 8.83.